The second-order valence-electron chi connectivity index (χ2n) is 33.1. The van der Waals surface area contributed by atoms with Crippen LogP contribution in [0.15, 0.2) is 409 Å². The summed E-state index contributed by atoms with van der Waals surface area (Å²) in [5.41, 5.74) is 18.2. The number of aromatic nitrogens is 8. The molecule has 10 nitrogen and oxygen atoms in total. The number of hydrogen-bond acceptors (Lipinski definition) is 8. The third-order valence-corrected chi connectivity index (χ3v) is 26.1. The van der Waals surface area contributed by atoms with E-state index in [2.05, 4.69) is 397 Å². The van der Waals surface area contributed by atoms with Crippen LogP contribution in [-0.2, 0) is 0 Å². The average molecular weight is 1600 g/mol. The van der Waals surface area contributed by atoms with Gasteiger partial charge in [-0.2, -0.15) is 0 Å². The Morgan fingerprint density at radius 1 is 0.159 bits per heavy atom. The molecule has 21 aromatic carbocycles. The van der Waals surface area contributed by atoms with E-state index in [1.54, 1.807) is 0 Å². The van der Waals surface area contributed by atoms with Gasteiger partial charge in [-0.3, -0.25) is 0 Å². The van der Waals surface area contributed by atoms with E-state index in [-0.39, 0.29) is 0 Å². The molecule has 0 amide bonds. The van der Waals surface area contributed by atoms with E-state index >= 15 is 0 Å². The molecule has 0 aliphatic heterocycles. The molecule has 0 atom stereocenters. The van der Waals surface area contributed by atoms with Crippen LogP contribution in [0.2, 0.25) is 0 Å². The van der Waals surface area contributed by atoms with Crippen LogP contribution >= 0.6 is 0 Å². The number of furan rings is 2. The van der Waals surface area contributed by atoms with Crippen molar-refractivity contribution in [3.05, 3.63) is 400 Å². The van der Waals surface area contributed by atoms with Crippen molar-refractivity contribution in [2.45, 2.75) is 0 Å². The molecule has 0 unspecified atom stereocenters. The number of rotatable bonds is 10. The second kappa shape index (κ2) is 27.2. The molecule has 0 saturated carbocycles. The van der Waals surface area contributed by atoms with Gasteiger partial charge in [0.1, 0.15) is 22.3 Å². The predicted molar refractivity (Wildman–Crippen MR) is 520 cm³/mol. The number of hydrogen-bond donors (Lipinski definition) is 0. The van der Waals surface area contributed by atoms with Crippen LogP contribution in [0.25, 0.3) is 276 Å². The van der Waals surface area contributed by atoms with E-state index in [0.29, 0.717) is 40.5 Å². The Labute approximate surface area is 719 Å². The Kier molecular flexibility index (Phi) is 15.1. The van der Waals surface area contributed by atoms with E-state index in [1.807, 2.05) is 12.1 Å². The quantitative estimate of drug-likeness (QED) is 0.124. The summed E-state index contributed by atoms with van der Waals surface area (Å²) in [5.74, 6) is 3.17. The lowest BCUT2D eigenvalue weighted by Gasteiger charge is -2.17. The fraction of sp³-hybridized carbons (Fsp3) is 0. The summed E-state index contributed by atoms with van der Waals surface area (Å²) in [6.45, 7) is 0. The van der Waals surface area contributed by atoms with Crippen LogP contribution < -0.4 is 0 Å². The normalized spacial score (nSPS) is 12.1. The zero-order valence-electron chi connectivity index (χ0n) is 67.5. The molecule has 6 heterocycles. The molecular formula is C116H66N8O2. The number of benzene rings is 21. The summed E-state index contributed by atoms with van der Waals surface area (Å²) < 4.78 is 19.3. The van der Waals surface area contributed by atoms with Crippen molar-refractivity contribution >= 4 is 174 Å². The van der Waals surface area contributed by atoms with Crippen molar-refractivity contribution in [2.24, 2.45) is 0 Å². The number of fused-ring (bicyclic) bond motifs is 23. The Morgan fingerprint density at radius 2 is 0.540 bits per heavy atom. The minimum Gasteiger partial charge on any atom is -0.456 e. The van der Waals surface area contributed by atoms with E-state index in [1.165, 1.54) is 5.39 Å². The molecule has 27 aromatic rings. The molecule has 0 saturated heterocycles. The summed E-state index contributed by atoms with van der Waals surface area (Å²) in [6.07, 6.45) is 0. The van der Waals surface area contributed by atoms with E-state index in [4.69, 9.17) is 38.7 Å². The van der Waals surface area contributed by atoms with Crippen LogP contribution in [0, 0.1) is 0 Å². The monoisotopic (exact) mass is 1600 g/mol. The van der Waals surface area contributed by atoms with Crippen LogP contribution in [-0.4, -0.2) is 39.0 Å². The smallest absolute Gasteiger partial charge is 0.166 e. The van der Waals surface area contributed by atoms with E-state index in [0.717, 1.165) is 230 Å². The zero-order chi connectivity index (χ0) is 82.3. The molecule has 0 bridgehead atoms. The molecule has 0 fully saturated rings. The lowest BCUT2D eigenvalue weighted by Crippen LogP contribution is -2.04. The van der Waals surface area contributed by atoms with E-state index < -0.39 is 0 Å². The highest BCUT2D eigenvalue weighted by atomic mass is 16.3. The highest BCUT2D eigenvalue weighted by Gasteiger charge is 2.29. The minimum atomic E-state index is 0.497. The highest BCUT2D eigenvalue weighted by Crippen LogP contribution is 2.49. The summed E-state index contributed by atoms with van der Waals surface area (Å²) in [7, 11) is 0. The lowest BCUT2D eigenvalue weighted by atomic mass is 9.93. The SMILES string of the molecule is c1ccc(-c2cccc(-c3nc(-c4cc5oc6c(-c7ccc8cc(-c9nc(-c%10cc%11oc%12ccccc%12c%11cc%10-n%10c%11ccccc%11c%11cc%12ccccc%12cc%11%10)nc(-c%10cc%11ccccc%11c%11ccccc%10%11)n9)c9ccccc9c8c7)cccc6c5cc4-n4c5ccccc5c5cc6ccccc6cc54)nc(-c4cc5ccccc5c5ccccc45)n3)c2)cc1. The first-order valence-electron chi connectivity index (χ1n) is 42.7. The first-order valence-corrected chi connectivity index (χ1v) is 42.7. The predicted octanol–water partition coefficient (Wildman–Crippen LogP) is 30.6. The summed E-state index contributed by atoms with van der Waals surface area (Å²) >= 11 is 0. The maximum atomic E-state index is 7.55. The van der Waals surface area contributed by atoms with Gasteiger partial charge in [-0.1, -0.05) is 303 Å². The fourth-order valence-corrected chi connectivity index (χ4v) is 20.3. The van der Waals surface area contributed by atoms with Crippen LogP contribution in [0.5, 0.6) is 0 Å². The van der Waals surface area contributed by atoms with Crippen LogP contribution in [0.3, 0.4) is 0 Å². The molecule has 0 aliphatic carbocycles. The van der Waals surface area contributed by atoms with Gasteiger partial charge in [-0.15, -0.1) is 0 Å². The topological polar surface area (TPSA) is 113 Å². The summed E-state index contributed by atoms with van der Waals surface area (Å²) in [6, 6.07) is 143. The van der Waals surface area contributed by atoms with Crippen molar-refractivity contribution in [3.8, 4) is 102 Å². The van der Waals surface area contributed by atoms with Crippen molar-refractivity contribution in [1.82, 2.24) is 39.0 Å². The third-order valence-electron chi connectivity index (χ3n) is 26.1. The molecule has 0 aliphatic rings. The fourth-order valence-electron chi connectivity index (χ4n) is 20.3. The van der Waals surface area contributed by atoms with Gasteiger partial charge in [-0.05, 0) is 200 Å². The van der Waals surface area contributed by atoms with Gasteiger partial charge < -0.3 is 18.0 Å². The number of para-hydroxylation sites is 4. The molecule has 0 spiro atoms. The van der Waals surface area contributed by atoms with Gasteiger partial charge in [0.25, 0.3) is 0 Å². The van der Waals surface area contributed by atoms with Gasteiger partial charge in [0, 0.05) is 82.0 Å². The van der Waals surface area contributed by atoms with Gasteiger partial charge in [0.05, 0.1) is 33.4 Å². The van der Waals surface area contributed by atoms with Crippen LogP contribution in [0.4, 0.5) is 0 Å². The average Bonchev–Trinajstić information content (AvgIpc) is 1.50. The van der Waals surface area contributed by atoms with Crippen molar-refractivity contribution in [2.75, 3.05) is 0 Å². The summed E-state index contributed by atoms with van der Waals surface area (Å²) in [5, 5.41) is 26.0. The van der Waals surface area contributed by atoms with Crippen LogP contribution in [0.1, 0.15) is 0 Å². The first kappa shape index (κ1) is 69.7. The number of nitrogens with zero attached hydrogens (tertiary/aromatic N) is 8. The summed E-state index contributed by atoms with van der Waals surface area (Å²) in [4.78, 5) is 34.3. The minimum absolute atomic E-state index is 0.497. The maximum Gasteiger partial charge on any atom is 0.166 e. The second-order valence-corrected chi connectivity index (χ2v) is 33.1. The maximum absolute atomic E-state index is 7.55. The largest absolute Gasteiger partial charge is 0.456 e. The molecule has 0 N–H and O–H groups in total. The molecule has 27 rings (SSSR count). The Morgan fingerprint density at radius 3 is 1.08 bits per heavy atom. The Hall–Kier alpha value is -17.1. The van der Waals surface area contributed by atoms with E-state index in [9.17, 15) is 0 Å². The van der Waals surface area contributed by atoms with Gasteiger partial charge in [-0.25, -0.2) is 29.9 Å². The molecule has 10 heteroatoms. The van der Waals surface area contributed by atoms with Crippen molar-refractivity contribution < 1.29 is 8.83 Å². The zero-order valence-corrected chi connectivity index (χ0v) is 67.5. The Balaban J connectivity index is 0.674. The lowest BCUT2D eigenvalue weighted by molar-refractivity contribution is 0.669. The molecule has 582 valence electrons. The van der Waals surface area contributed by atoms with Gasteiger partial charge >= 0.3 is 0 Å². The van der Waals surface area contributed by atoms with Crippen molar-refractivity contribution in [1.29, 1.82) is 0 Å². The molecule has 126 heavy (non-hydrogen) atoms. The molecule has 6 aromatic heterocycles. The third kappa shape index (κ3) is 10.8. The molecular weight excluding hydrogens is 1540 g/mol. The highest BCUT2D eigenvalue weighted by molar-refractivity contribution is 6.21. The van der Waals surface area contributed by atoms with Crippen molar-refractivity contribution in [3.63, 3.8) is 0 Å². The molecule has 0 radical (unpaired) electrons. The Bertz CT molecular complexity index is 9400. The first-order chi connectivity index (χ1) is 62.4. The van der Waals surface area contributed by atoms with Gasteiger partial charge in [0.15, 0.2) is 34.9 Å². The van der Waals surface area contributed by atoms with Gasteiger partial charge in [0.2, 0.25) is 0 Å². The standard InChI is InChI=1S/C116H66N8O2/c1-2-26-67(27-3-1)68-34-24-35-77(54-68)111-117-112(96-58-73-32-8-10-36-78(73)81-38-12-15-41-84(81)96)120-115(118-111)100-66-109-95(64-106(100)124-102-50-22-19-45-88(102)93-56-70-29-5-7-31-72(70)62-104(93)124)90-48-25-47-80(110(90)126-109)75-52-53-76-60-98(86-43-17-14-40-83(86)91(76)57-75)114-119-113(97-59-74-33-9-11-37-79(74)82-39-13-16-42-85(82)97)121-116(122-114)99-65-108-94(89-46-20-23-51-107(89)125-108)63-105(99)123-101-49-21-18-44-87(101)92-55-69-28-4-6-30-71(69)61-103(92)123/h1-66H.